The molecule has 0 atom stereocenters. The van der Waals surface area contributed by atoms with Crippen LogP contribution in [0.3, 0.4) is 0 Å². The fraction of sp³-hybridized carbons (Fsp3) is 0.125. The van der Waals surface area contributed by atoms with Crippen LogP contribution in [0.25, 0.3) is 10.9 Å². The van der Waals surface area contributed by atoms with Gasteiger partial charge in [-0.1, -0.05) is 29.0 Å². The summed E-state index contributed by atoms with van der Waals surface area (Å²) in [6.45, 7) is 0. The van der Waals surface area contributed by atoms with Crippen molar-refractivity contribution in [1.82, 2.24) is 9.78 Å². The van der Waals surface area contributed by atoms with Crippen LogP contribution in [0.5, 0.6) is 0 Å². The summed E-state index contributed by atoms with van der Waals surface area (Å²) in [5, 5.41) is 10.0. The normalized spacial score (nSPS) is 15.5. The van der Waals surface area contributed by atoms with Gasteiger partial charge in [0.05, 0.1) is 11.1 Å². The van der Waals surface area contributed by atoms with Gasteiger partial charge in [0.2, 0.25) is 11.5 Å². The van der Waals surface area contributed by atoms with Crippen LogP contribution in [0.4, 0.5) is 11.5 Å². The van der Waals surface area contributed by atoms with E-state index in [9.17, 15) is 0 Å². The Balaban J connectivity index is 1.93. The molecule has 0 saturated heterocycles. The minimum absolute atomic E-state index is 0.706. The Bertz CT molecular complexity index is 917. The van der Waals surface area contributed by atoms with Crippen LogP contribution in [0.2, 0.25) is 0 Å². The van der Waals surface area contributed by atoms with Gasteiger partial charge in [0.1, 0.15) is 0 Å². The van der Waals surface area contributed by atoms with E-state index in [0.717, 1.165) is 22.2 Å². The lowest BCUT2D eigenvalue weighted by Gasteiger charge is -1.92. The number of nitrogens with zero attached hydrogens (tertiary/aromatic N) is 5. The van der Waals surface area contributed by atoms with Crippen LogP contribution in [0, 0.1) is 0 Å². The lowest BCUT2D eigenvalue weighted by molar-refractivity contribution is -0.469. The number of fused-ring (bicyclic) bond motifs is 2. The number of azo groups is 2. The van der Waals surface area contributed by atoms with Crippen molar-refractivity contribution in [3.8, 4) is 0 Å². The first-order valence-corrected chi connectivity index (χ1v) is 6.79. The van der Waals surface area contributed by atoms with Crippen molar-refractivity contribution in [3.63, 3.8) is 0 Å². The van der Waals surface area contributed by atoms with Gasteiger partial charge in [0, 0.05) is 23.6 Å². The maximum absolute atomic E-state index is 4.68. The van der Waals surface area contributed by atoms with Gasteiger partial charge in [-0.3, -0.25) is 4.68 Å². The zero-order valence-corrected chi connectivity index (χ0v) is 11.9. The van der Waals surface area contributed by atoms with Gasteiger partial charge in [-0.2, -0.15) is 5.10 Å². The monoisotopic (exact) mass is 276 g/mol. The summed E-state index contributed by atoms with van der Waals surface area (Å²) in [7, 11) is 3.86. The third-order valence-electron chi connectivity index (χ3n) is 3.69. The lowest BCUT2D eigenvalue weighted by Crippen LogP contribution is -1.92. The highest BCUT2D eigenvalue weighted by atomic mass is 15.3. The van der Waals surface area contributed by atoms with E-state index in [1.807, 2.05) is 72.0 Å². The summed E-state index contributed by atoms with van der Waals surface area (Å²) >= 11 is 0. The summed E-state index contributed by atoms with van der Waals surface area (Å²) < 4.78 is 3.69. The van der Waals surface area contributed by atoms with Crippen molar-refractivity contribution in [3.05, 3.63) is 54.1 Å². The predicted molar refractivity (Wildman–Crippen MR) is 81.6 cm³/mol. The molecule has 0 bridgehead atoms. The van der Waals surface area contributed by atoms with Gasteiger partial charge in [-0.25, -0.2) is 4.99 Å². The van der Waals surface area contributed by atoms with Crippen LogP contribution < -0.4 is 0 Å². The second-order valence-corrected chi connectivity index (χ2v) is 5.04. The van der Waals surface area contributed by atoms with Crippen LogP contribution in [-0.4, -0.2) is 27.4 Å². The molecule has 5 heteroatoms. The van der Waals surface area contributed by atoms with Crippen LogP contribution in [0.1, 0.15) is 5.56 Å². The van der Waals surface area contributed by atoms with E-state index in [0.29, 0.717) is 11.7 Å². The number of rotatable bonds is 1. The Labute approximate surface area is 121 Å². The van der Waals surface area contributed by atoms with Gasteiger partial charge < -0.3 is 0 Å². The van der Waals surface area contributed by atoms with Gasteiger partial charge in [0.25, 0.3) is 0 Å². The first kappa shape index (κ1) is 12.0. The Morgan fingerprint density at radius 2 is 1.81 bits per heavy atom. The summed E-state index contributed by atoms with van der Waals surface area (Å²) in [6, 6.07) is 16.2. The highest BCUT2D eigenvalue weighted by molar-refractivity contribution is 6.06. The van der Waals surface area contributed by atoms with Crippen LogP contribution >= 0.6 is 0 Å². The summed E-state index contributed by atoms with van der Waals surface area (Å²) in [4.78, 5) is 4.68. The highest BCUT2D eigenvalue weighted by Crippen LogP contribution is 2.29. The predicted octanol–water partition coefficient (Wildman–Crippen LogP) is 3.39. The van der Waals surface area contributed by atoms with Crippen LogP contribution in [-0.2, 0) is 7.05 Å². The molecule has 102 valence electrons. The molecule has 1 aliphatic rings. The van der Waals surface area contributed by atoms with Gasteiger partial charge in [-0.15, -0.1) is 0 Å². The van der Waals surface area contributed by atoms with E-state index in [1.165, 1.54) is 0 Å². The minimum atomic E-state index is 0.706. The van der Waals surface area contributed by atoms with E-state index in [2.05, 4.69) is 15.2 Å². The number of amidine groups is 1. The average Bonchev–Trinajstić information content (AvgIpc) is 3.00. The third-order valence-corrected chi connectivity index (χ3v) is 3.69. The molecule has 21 heavy (non-hydrogen) atoms. The number of aliphatic imine (C=N–C) groups is 1. The Hall–Kier alpha value is -2.82. The summed E-state index contributed by atoms with van der Waals surface area (Å²) in [5.74, 6) is 1.41. The molecule has 0 amide bonds. The van der Waals surface area contributed by atoms with Gasteiger partial charge >= 0.3 is 0 Å². The van der Waals surface area contributed by atoms with Gasteiger partial charge in [-0.05, 0) is 18.2 Å². The van der Waals surface area contributed by atoms with Crippen molar-refractivity contribution >= 4 is 28.2 Å². The smallest absolute Gasteiger partial charge is 0.242 e. The molecule has 3 aromatic rings. The first-order chi connectivity index (χ1) is 10.2. The molecular formula is C16H14N5+. The number of hydrogen-bond acceptors (Lipinski definition) is 2. The maximum atomic E-state index is 4.68. The fourth-order valence-electron chi connectivity index (χ4n) is 2.65. The molecule has 1 aromatic heterocycles. The molecule has 4 rings (SSSR count). The quantitative estimate of drug-likeness (QED) is 0.628. The van der Waals surface area contributed by atoms with E-state index in [4.69, 9.17) is 0 Å². The Kier molecular flexibility index (Phi) is 2.47. The van der Waals surface area contributed by atoms with Crippen molar-refractivity contribution < 1.29 is 4.70 Å². The van der Waals surface area contributed by atoms with Crippen molar-refractivity contribution in [2.45, 2.75) is 0 Å². The first-order valence-electron chi connectivity index (χ1n) is 6.79. The molecule has 5 nitrogen and oxygen atoms in total. The molecule has 0 aliphatic carbocycles. The lowest BCUT2D eigenvalue weighted by atomic mass is 10.2. The Morgan fingerprint density at radius 3 is 2.71 bits per heavy atom. The van der Waals surface area contributed by atoms with Crippen LogP contribution in [0.15, 0.2) is 58.6 Å². The van der Waals surface area contributed by atoms with E-state index in [1.54, 1.807) is 0 Å². The Morgan fingerprint density at radius 1 is 1.05 bits per heavy atom. The number of hydrogen-bond donors (Lipinski definition) is 0. The number of aromatic nitrogens is 2. The molecule has 0 spiro atoms. The van der Waals surface area contributed by atoms with Crippen molar-refractivity contribution in [1.29, 1.82) is 0 Å². The minimum Gasteiger partial charge on any atom is -0.266 e. The molecule has 2 aromatic carbocycles. The largest absolute Gasteiger partial charge is 0.266 e. The zero-order chi connectivity index (χ0) is 14.4. The second kappa shape index (κ2) is 4.34. The zero-order valence-electron chi connectivity index (χ0n) is 11.9. The van der Waals surface area contributed by atoms with Gasteiger partial charge in [0.15, 0.2) is 12.9 Å². The molecule has 0 N–H and O–H groups in total. The standard InChI is InChI=1S/C16H14N5/c1-20-13-9-5-3-7-11(13)15(18-20)17-16-12-8-4-6-10-14(12)21(2)19-16/h3-10H,1-2H3/q+1. The van der Waals surface area contributed by atoms with E-state index >= 15 is 0 Å². The molecule has 2 heterocycles. The molecule has 0 radical (unpaired) electrons. The molecule has 0 unspecified atom stereocenters. The average molecular weight is 276 g/mol. The maximum Gasteiger partial charge on any atom is 0.242 e. The summed E-state index contributed by atoms with van der Waals surface area (Å²) in [5.41, 5.74) is 3.17. The van der Waals surface area contributed by atoms with Crippen molar-refractivity contribution in [2.24, 2.45) is 17.2 Å². The number of aryl methyl sites for hydroxylation is 1. The summed E-state index contributed by atoms with van der Waals surface area (Å²) in [6.07, 6.45) is 0. The second-order valence-electron chi connectivity index (χ2n) is 5.04. The molecular weight excluding hydrogens is 262 g/mol. The highest BCUT2D eigenvalue weighted by Gasteiger charge is 2.26. The molecule has 1 aliphatic heterocycles. The number of benzene rings is 2. The number of para-hydroxylation sites is 2. The molecule has 0 fully saturated rings. The van der Waals surface area contributed by atoms with Crippen molar-refractivity contribution in [2.75, 3.05) is 7.05 Å². The van der Waals surface area contributed by atoms with E-state index in [-0.39, 0.29) is 0 Å². The third kappa shape index (κ3) is 1.78. The fourth-order valence-corrected chi connectivity index (χ4v) is 2.65. The van der Waals surface area contributed by atoms with E-state index < -0.39 is 0 Å². The molecule has 0 saturated carbocycles. The topological polar surface area (TPSA) is 45.5 Å². The SMILES string of the molecule is Cn1nc(N=C2N=[N+](C)c3ccccc32)c2ccccc21.